The van der Waals surface area contributed by atoms with Gasteiger partial charge in [0, 0.05) is 6.42 Å². The minimum absolute atomic E-state index is 0.0786. The molecule has 0 saturated heterocycles. The molecule has 0 bridgehead atoms. The lowest BCUT2D eigenvalue weighted by molar-refractivity contribution is -0.870. The van der Waals surface area contributed by atoms with Crippen LogP contribution in [0.2, 0.25) is 0 Å². The number of unbranched alkanes of at least 4 members (excludes halogenated alkanes) is 35. The van der Waals surface area contributed by atoms with E-state index in [0.717, 1.165) is 38.5 Å². The maximum atomic E-state index is 12.9. The molecule has 354 valence electrons. The van der Waals surface area contributed by atoms with Crippen LogP contribution in [-0.4, -0.2) is 73.4 Å². The molecule has 9 heteroatoms. The molecule has 0 aliphatic rings. The highest BCUT2D eigenvalue weighted by Crippen LogP contribution is 2.43. The minimum Gasteiger partial charge on any atom is -0.391 e. The zero-order valence-electron chi connectivity index (χ0n) is 40.3. The summed E-state index contributed by atoms with van der Waals surface area (Å²) in [7, 11) is 1.63. The monoisotopic (exact) mass is 860 g/mol. The lowest BCUT2D eigenvalue weighted by Gasteiger charge is -2.26. The maximum Gasteiger partial charge on any atom is 0.472 e. The predicted molar refractivity (Wildman–Crippen MR) is 254 cm³/mol. The number of quaternary nitrogens is 1. The molecule has 0 aliphatic heterocycles. The normalized spacial score (nSPS) is 14.1. The van der Waals surface area contributed by atoms with Crippen LogP contribution in [0.3, 0.4) is 0 Å². The van der Waals surface area contributed by atoms with Gasteiger partial charge in [0.2, 0.25) is 5.91 Å². The number of likely N-dealkylation sites (N-methyl/N-ethyl adjacent to an activating group) is 1. The molecule has 3 unspecified atom stereocenters. The number of aliphatic hydroxyl groups is 1. The molecular weight excluding hydrogens is 756 g/mol. The Balaban J connectivity index is 4.04. The third-order valence-corrected chi connectivity index (χ3v) is 13.1. The van der Waals surface area contributed by atoms with Crippen molar-refractivity contribution in [3.63, 3.8) is 0 Å². The third-order valence-electron chi connectivity index (χ3n) is 12.1. The molecule has 59 heavy (non-hydrogen) atoms. The Morgan fingerprint density at radius 2 is 0.814 bits per heavy atom. The van der Waals surface area contributed by atoms with Gasteiger partial charge in [-0.2, -0.15) is 0 Å². The van der Waals surface area contributed by atoms with Gasteiger partial charge >= 0.3 is 7.82 Å². The molecule has 0 saturated carbocycles. The highest BCUT2D eigenvalue weighted by molar-refractivity contribution is 7.47. The highest BCUT2D eigenvalue weighted by atomic mass is 31.2. The fraction of sp³-hybridized carbons (Fsp3) is 0.980. The number of hydrogen-bond acceptors (Lipinski definition) is 5. The van der Waals surface area contributed by atoms with Crippen LogP contribution in [0.5, 0.6) is 0 Å². The average molecular weight is 860 g/mol. The van der Waals surface area contributed by atoms with E-state index in [1.165, 1.54) is 199 Å². The van der Waals surface area contributed by atoms with Crippen molar-refractivity contribution >= 4 is 13.7 Å². The fourth-order valence-electron chi connectivity index (χ4n) is 7.99. The van der Waals surface area contributed by atoms with Gasteiger partial charge in [0.25, 0.3) is 0 Å². The van der Waals surface area contributed by atoms with Crippen LogP contribution < -0.4 is 5.32 Å². The van der Waals surface area contributed by atoms with E-state index < -0.39 is 20.0 Å². The Labute approximate surface area is 368 Å². The Kier molecular flexibility index (Phi) is 42.4. The van der Waals surface area contributed by atoms with E-state index >= 15 is 0 Å². The lowest BCUT2D eigenvalue weighted by atomic mass is 10.0. The van der Waals surface area contributed by atoms with Crippen molar-refractivity contribution in [3.8, 4) is 0 Å². The van der Waals surface area contributed by atoms with Crippen molar-refractivity contribution < 1.29 is 32.9 Å². The van der Waals surface area contributed by atoms with Crippen molar-refractivity contribution in [2.45, 2.75) is 276 Å². The molecule has 0 fully saturated rings. The number of amides is 1. The molecular formula is C50H104N2O6P+. The molecule has 8 nitrogen and oxygen atoms in total. The quantitative estimate of drug-likeness (QED) is 0.0320. The fourth-order valence-corrected chi connectivity index (χ4v) is 8.73. The van der Waals surface area contributed by atoms with E-state index in [-0.39, 0.29) is 19.1 Å². The van der Waals surface area contributed by atoms with Crippen molar-refractivity contribution in [2.24, 2.45) is 0 Å². The van der Waals surface area contributed by atoms with Crippen LogP contribution in [0, 0.1) is 0 Å². The molecule has 0 radical (unpaired) electrons. The van der Waals surface area contributed by atoms with Crippen molar-refractivity contribution in [1.82, 2.24) is 5.32 Å². The zero-order valence-corrected chi connectivity index (χ0v) is 41.2. The summed E-state index contributed by atoms with van der Waals surface area (Å²) in [6, 6.07) is -0.753. The van der Waals surface area contributed by atoms with Crippen molar-refractivity contribution in [1.29, 1.82) is 0 Å². The SMILES string of the molecule is CCCCCCCCCCCCCCCCCCCCCCCCCCCCCC(O)C(COP(=O)(O)OCC[N+](C)(C)C)NC(=O)CCCCCCCCCCCC. The van der Waals surface area contributed by atoms with Crippen molar-refractivity contribution in [2.75, 3.05) is 40.9 Å². The van der Waals surface area contributed by atoms with Crippen LogP contribution in [-0.2, 0) is 18.4 Å². The molecule has 0 aromatic rings. The van der Waals surface area contributed by atoms with E-state index in [2.05, 4.69) is 19.2 Å². The molecule has 3 N–H and O–H groups in total. The topological polar surface area (TPSA) is 105 Å². The van der Waals surface area contributed by atoms with E-state index in [9.17, 15) is 19.4 Å². The smallest absolute Gasteiger partial charge is 0.391 e. The first-order valence-corrected chi connectivity index (χ1v) is 27.4. The van der Waals surface area contributed by atoms with E-state index in [4.69, 9.17) is 9.05 Å². The van der Waals surface area contributed by atoms with E-state index in [0.29, 0.717) is 23.9 Å². The Bertz CT molecular complexity index is 932. The molecule has 0 rings (SSSR count). The van der Waals surface area contributed by atoms with Gasteiger partial charge in [-0.3, -0.25) is 13.8 Å². The molecule has 1 amide bonds. The number of hydrogen-bond donors (Lipinski definition) is 3. The Morgan fingerprint density at radius 1 is 0.508 bits per heavy atom. The van der Waals surface area contributed by atoms with Crippen molar-refractivity contribution in [3.05, 3.63) is 0 Å². The minimum atomic E-state index is -4.31. The summed E-state index contributed by atoms with van der Waals surface area (Å²) < 4.78 is 23.7. The van der Waals surface area contributed by atoms with Gasteiger partial charge in [0.1, 0.15) is 13.2 Å². The first kappa shape index (κ1) is 58.5. The summed E-state index contributed by atoms with van der Waals surface area (Å²) in [6.07, 6.45) is 48.7. The standard InChI is InChI=1S/C50H103N2O6P/c1-6-8-10-12-14-16-18-19-20-21-22-23-24-25-26-27-28-29-30-31-32-33-34-35-37-39-41-43-49(53)48(47-58-59(55,56)57-46-45-52(3,4)5)51-50(54)44-42-40-38-36-17-15-13-11-9-7-2/h48-49,53H,6-47H2,1-5H3,(H-,51,54,55,56)/p+1. The van der Waals surface area contributed by atoms with Gasteiger partial charge in [-0.15, -0.1) is 0 Å². The van der Waals surface area contributed by atoms with Gasteiger partial charge in [0.15, 0.2) is 0 Å². The second-order valence-corrected chi connectivity index (χ2v) is 20.7. The molecule has 0 aromatic carbocycles. The first-order valence-electron chi connectivity index (χ1n) is 25.9. The molecule has 0 aromatic heterocycles. The third kappa shape index (κ3) is 45.3. The van der Waals surface area contributed by atoms with E-state index in [1.54, 1.807) is 0 Å². The number of nitrogens with one attached hydrogen (secondary N) is 1. The molecule has 3 atom stereocenters. The summed E-state index contributed by atoms with van der Waals surface area (Å²) in [5, 5.41) is 14.0. The average Bonchev–Trinajstić information content (AvgIpc) is 3.19. The van der Waals surface area contributed by atoms with Gasteiger partial charge in [-0.05, 0) is 12.8 Å². The summed E-state index contributed by atoms with van der Waals surface area (Å²) in [5.41, 5.74) is 0. The van der Waals surface area contributed by atoms with Crippen LogP contribution in [0.25, 0.3) is 0 Å². The lowest BCUT2D eigenvalue weighted by Crippen LogP contribution is -2.46. The van der Waals surface area contributed by atoms with Crippen LogP contribution >= 0.6 is 7.82 Å². The van der Waals surface area contributed by atoms with Crippen LogP contribution in [0.15, 0.2) is 0 Å². The van der Waals surface area contributed by atoms with Gasteiger partial charge < -0.3 is 19.8 Å². The molecule has 0 aliphatic carbocycles. The van der Waals surface area contributed by atoms with Gasteiger partial charge in [0.05, 0.1) is 39.9 Å². The van der Waals surface area contributed by atoms with Crippen LogP contribution in [0.1, 0.15) is 264 Å². The van der Waals surface area contributed by atoms with Gasteiger partial charge in [-0.1, -0.05) is 245 Å². The summed E-state index contributed by atoms with van der Waals surface area (Å²) in [4.78, 5) is 23.1. The first-order chi connectivity index (χ1) is 28.5. The zero-order chi connectivity index (χ0) is 43.6. The number of phosphoric ester groups is 1. The predicted octanol–water partition coefficient (Wildman–Crippen LogP) is 14.9. The molecule has 0 spiro atoms. The number of aliphatic hydroxyl groups excluding tert-OH is 1. The summed E-state index contributed by atoms with van der Waals surface area (Å²) >= 11 is 0. The highest BCUT2D eigenvalue weighted by Gasteiger charge is 2.28. The summed E-state index contributed by atoms with van der Waals surface area (Å²) in [5.74, 6) is -0.142. The Morgan fingerprint density at radius 3 is 1.14 bits per heavy atom. The van der Waals surface area contributed by atoms with Crippen LogP contribution in [0.4, 0.5) is 0 Å². The largest absolute Gasteiger partial charge is 0.472 e. The number of carbonyl (C=O) groups is 1. The second-order valence-electron chi connectivity index (χ2n) is 19.3. The Hall–Kier alpha value is -0.500. The number of phosphoric acid groups is 1. The second kappa shape index (κ2) is 42.8. The number of carbonyl (C=O) groups excluding carboxylic acids is 1. The van der Waals surface area contributed by atoms with E-state index in [1.807, 2.05) is 21.1 Å². The van der Waals surface area contributed by atoms with Gasteiger partial charge in [-0.25, -0.2) is 4.57 Å². The molecule has 0 heterocycles. The number of nitrogens with zero attached hydrogens (tertiary/aromatic N) is 1. The maximum absolute atomic E-state index is 12.9. The summed E-state index contributed by atoms with van der Waals surface area (Å²) in [6.45, 7) is 4.90. The number of rotatable bonds is 48.